The minimum atomic E-state index is 0.0166. The van der Waals surface area contributed by atoms with E-state index in [2.05, 4.69) is 23.7 Å². The highest BCUT2D eigenvalue weighted by atomic mass is 16.5. The highest BCUT2D eigenvalue weighted by Gasteiger charge is 2.37. The van der Waals surface area contributed by atoms with Gasteiger partial charge in [-0.25, -0.2) is 0 Å². The summed E-state index contributed by atoms with van der Waals surface area (Å²) in [4.78, 5) is 6.86. The van der Waals surface area contributed by atoms with Crippen molar-refractivity contribution in [3.05, 3.63) is 23.0 Å². The minimum absolute atomic E-state index is 0.0166. The summed E-state index contributed by atoms with van der Waals surface area (Å²) in [7, 11) is 1.71. The fraction of sp³-hybridized carbons (Fsp3) is 0.643. The summed E-state index contributed by atoms with van der Waals surface area (Å²) in [5, 5.41) is 0. The third-order valence-electron chi connectivity index (χ3n) is 3.90. The maximum absolute atomic E-state index is 6.18. The van der Waals surface area contributed by atoms with Crippen LogP contribution in [0.3, 0.4) is 0 Å². The smallest absolute Gasteiger partial charge is 0.128 e. The van der Waals surface area contributed by atoms with Gasteiger partial charge in [-0.2, -0.15) is 0 Å². The Kier molecular flexibility index (Phi) is 3.59. The zero-order valence-corrected chi connectivity index (χ0v) is 11.8. The summed E-state index contributed by atoms with van der Waals surface area (Å²) in [6.07, 6.45) is 2.92. The quantitative estimate of drug-likeness (QED) is 0.881. The monoisotopic (exact) mass is 249 g/mol. The predicted molar refractivity (Wildman–Crippen MR) is 72.7 cm³/mol. The first-order chi connectivity index (χ1) is 8.49. The number of nitrogens with two attached hydrogens (primary N) is 1. The Morgan fingerprint density at radius 3 is 2.67 bits per heavy atom. The van der Waals surface area contributed by atoms with Crippen LogP contribution in [-0.2, 0) is 6.54 Å². The van der Waals surface area contributed by atoms with Gasteiger partial charge in [0.1, 0.15) is 5.75 Å². The number of methoxy groups -OCH3 is 1. The molecule has 1 aromatic heterocycles. The van der Waals surface area contributed by atoms with Gasteiger partial charge in [0.15, 0.2) is 0 Å². The molecule has 4 nitrogen and oxygen atoms in total. The lowest BCUT2D eigenvalue weighted by atomic mass is 9.88. The summed E-state index contributed by atoms with van der Waals surface area (Å²) in [5.41, 5.74) is 9.52. The van der Waals surface area contributed by atoms with E-state index in [0.717, 1.165) is 48.6 Å². The van der Waals surface area contributed by atoms with E-state index in [1.54, 1.807) is 7.11 Å². The van der Waals surface area contributed by atoms with Crippen LogP contribution in [0.1, 0.15) is 30.2 Å². The molecular weight excluding hydrogens is 226 g/mol. The van der Waals surface area contributed by atoms with Gasteiger partial charge in [-0.15, -0.1) is 0 Å². The van der Waals surface area contributed by atoms with E-state index in [4.69, 9.17) is 10.5 Å². The van der Waals surface area contributed by atoms with E-state index in [9.17, 15) is 0 Å². The third kappa shape index (κ3) is 2.35. The fourth-order valence-electron chi connectivity index (χ4n) is 2.62. The van der Waals surface area contributed by atoms with Gasteiger partial charge in [-0.1, -0.05) is 6.92 Å². The minimum Gasteiger partial charge on any atom is -0.496 e. The van der Waals surface area contributed by atoms with Gasteiger partial charge in [0.05, 0.1) is 12.8 Å². The second kappa shape index (κ2) is 4.86. The van der Waals surface area contributed by atoms with Gasteiger partial charge in [0.2, 0.25) is 0 Å². The molecule has 0 amide bonds. The molecule has 0 aliphatic carbocycles. The Morgan fingerprint density at radius 2 is 2.11 bits per heavy atom. The molecule has 0 saturated carbocycles. The molecule has 18 heavy (non-hydrogen) atoms. The second-order valence-corrected chi connectivity index (χ2v) is 5.41. The van der Waals surface area contributed by atoms with Crippen molar-refractivity contribution in [2.45, 2.75) is 39.3 Å². The summed E-state index contributed by atoms with van der Waals surface area (Å²) >= 11 is 0. The van der Waals surface area contributed by atoms with Crippen LogP contribution in [0, 0.1) is 13.8 Å². The van der Waals surface area contributed by atoms with Crippen LogP contribution in [0.4, 0.5) is 0 Å². The molecule has 100 valence electrons. The molecule has 0 atom stereocenters. The average molecular weight is 249 g/mol. The van der Waals surface area contributed by atoms with Crippen molar-refractivity contribution in [1.29, 1.82) is 0 Å². The number of hydrogen-bond acceptors (Lipinski definition) is 4. The van der Waals surface area contributed by atoms with Gasteiger partial charge in [-0.3, -0.25) is 9.88 Å². The first-order valence-corrected chi connectivity index (χ1v) is 6.49. The Hall–Kier alpha value is -1.13. The van der Waals surface area contributed by atoms with Crippen molar-refractivity contribution in [3.8, 4) is 5.75 Å². The average Bonchev–Trinajstić information content (AvgIpc) is 2.31. The number of hydrogen-bond donors (Lipinski definition) is 1. The van der Waals surface area contributed by atoms with Crippen LogP contribution < -0.4 is 10.5 Å². The molecule has 4 heteroatoms. The second-order valence-electron chi connectivity index (χ2n) is 5.41. The lowest BCUT2D eigenvalue weighted by Gasteiger charge is -2.47. The summed E-state index contributed by atoms with van der Waals surface area (Å²) < 4.78 is 5.43. The van der Waals surface area contributed by atoms with Crippen molar-refractivity contribution >= 4 is 0 Å². The van der Waals surface area contributed by atoms with Crippen LogP contribution in [0.25, 0.3) is 0 Å². The summed E-state index contributed by atoms with van der Waals surface area (Å²) in [5.74, 6) is 0.954. The standard InChI is InChI=1S/C14H23N3O/c1-5-14(15)8-17(9-14)7-12-11(3)13(18-4)10(2)6-16-12/h6H,5,7-9,15H2,1-4H3. The van der Waals surface area contributed by atoms with Gasteiger partial charge in [0, 0.05) is 42.5 Å². The predicted octanol–water partition coefficient (Wildman–Crippen LogP) is 1.63. The Labute approximate surface area is 109 Å². The van der Waals surface area contributed by atoms with Crippen LogP contribution in [0.5, 0.6) is 5.75 Å². The Bertz CT molecular complexity index is 439. The van der Waals surface area contributed by atoms with Crippen molar-refractivity contribution in [1.82, 2.24) is 9.88 Å². The third-order valence-corrected chi connectivity index (χ3v) is 3.90. The van der Waals surface area contributed by atoms with Crippen LogP contribution in [0.2, 0.25) is 0 Å². The van der Waals surface area contributed by atoms with E-state index < -0.39 is 0 Å². The van der Waals surface area contributed by atoms with Crippen molar-refractivity contribution in [2.24, 2.45) is 5.73 Å². The van der Waals surface area contributed by atoms with Crippen molar-refractivity contribution in [3.63, 3.8) is 0 Å². The largest absolute Gasteiger partial charge is 0.496 e. The van der Waals surface area contributed by atoms with E-state index in [1.807, 2.05) is 13.1 Å². The number of aromatic nitrogens is 1. The van der Waals surface area contributed by atoms with E-state index >= 15 is 0 Å². The highest BCUT2D eigenvalue weighted by molar-refractivity contribution is 5.41. The molecule has 1 saturated heterocycles. The van der Waals surface area contributed by atoms with Crippen LogP contribution in [0.15, 0.2) is 6.20 Å². The van der Waals surface area contributed by atoms with Gasteiger partial charge in [-0.05, 0) is 20.3 Å². The molecule has 1 fully saturated rings. The van der Waals surface area contributed by atoms with Crippen LogP contribution >= 0.6 is 0 Å². The maximum atomic E-state index is 6.18. The highest BCUT2D eigenvalue weighted by Crippen LogP contribution is 2.28. The molecule has 1 aliphatic heterocycles. The molecule has 0 radical (unpaired) electrons. The van der Waals surface area contributed by atoms with Crippen LogP contribution in [-0.4, -0.2) is 35.6 Å². The van der Waals surface area contributed by atoms with Gasteiger partial charge in [0.25, 0.3) is 0 Å². The molecular formula is C14H23N3O. The Morgan fingerprint density at radius 1 is 1.44 bits per heavy atom. The molecule has 0 unspecified atom stereocenters. The SMILES string of the molecule is CCC1(N)CN(Cc2ncc(C)c(OC)c2C)C1. The Balaban J connectivity index is 2.08. The van der Waals surface area contributed by atoms with E-state index in [1.165, 1.54) is 0 Å². The normalized spacial score (nSPS) is 18.5. The zero-order valence-electron chi connectivity index (χ0n) is 11.8. The van der Waals surface area contributed by atoms with Gasteiger partial charge < -0.3 is 10.5 Å². The number of likely N-dealkylation sites (tertiary alicyclic amines) is 1. The molecule has 0 aromatic carbocycles. The number of rotatable bonds is 4. The molecule has 2 N–H and O–H groups in total. The molecule has 0 spiro atoms. The van der Waals surface area contributed by atoms with Gasteiger partial charge >= 0.3 is 0 Å². The van der Waals surface area contributed by atoms with Crippen molar-refractivity contribution in [2.75, 3.05) is 20.2 Å². The number of ether oxygens (including phenoxy) is 1. The number of pyridine rings is 1. The van der Waals surface area contributed by atoms with Crippen molar-refractivity contribution < 1.29 is 4.74 Å². The first-order valence-electron chi connectivity index (χ1n) is 6.49. The summed E-state index contributed by atoms with van der Waals surface area (Å²) in [6.45, 7) is 9.02. The lowest BCUT2D eigenvalue weighted by Crippen LogP contribution is -2.66. The topological polar surface area (TPSA) is 51.4 Å². The molecule has 0 bridgehead atoms. The van der Waals surface area contributed by atoms with E-state index in [-0.39, 0.29) is 5.54 Å². The van der Waals surface area contributed by atoms with E-state index in [0.29, 0.717) is 0 Å². The summed E-state index contributed by atoms with van der Waals surface area (Å²) in [6, 6.07) is 0. The number of aryl methyl sites for hydroxylation is 1. The molecule has 2 heterocycles. The zero-order chi connectivity index (χ0) is 13.3. The number of nitrogens with zero attached hydrogens (tertiary/aromatic N) is 2. The fourth-order valence-corrected chi connectivity index (χ4v) is 2.62. The lowest BCUT2D eigenvalue weighted by molar-refractivity contribution is 0.0593. The molecule has 1 aliphatic rings. The molecule has 1 aromatic rings. The first kappa shape index (κ1) is 13.3. The molecule has 2 rings (SSSR count). The maximum Gasteiger partial charge on any atom is 0.128 e.